The molecule has 0 heterocycles. The van der Waals surface area contributed by atoms with Gasteiger partial charge in [0.2, 0.25) is 0 Å². The first kappa shape index (κ1) is 23.6. The Morgan fingerprint density at radius 2 is 1.58 bits per heavy atom. The maximum absolute atomic E-state index is 12.2. The molecule has 148 valence electrons. The van der Waals surface area contributed by atoms with Crippen molar-refractivity contribution in [2.24, 2.45) is 0 Å². The molecule has 1 aromatic carbocycles. The minimum absolute atomic E-state index is 0. The Morgan fingerprint density at radius 3 is 2.12 bits per heavy atom. The molecule has 0 N–H and O–H groups in total. The molecule has 1 fully saturated rings. The molecule has 0 aliphatic heterocycles. The first-order valence-corrected chi connectivity index (χ1v) is 10.4. The van der Waals surface area contributed by atoms with Gasteiger partial charge in [-0.15, -0.1) is 0 Å². The molecule has 0 bridgehead atoms. The highest BCUT2D eigenvalue weighted by atomic mass is 127. The zero-order valence-corrected chi connectivity index (χ0v) is 19.4. The number of rotatable bonds is 9. The van der Waals surface area contributed by atoms with Gasteiger partial charge in [-0.3, -0.25) is 4.79 Å². The van der Waals surface area contributed by atoms with Crippen molar-refractivity contribution in [1.29, 1.82) is 0 Å². The molecule has 0 unspecified atom stereocenters. The number of quaternary nitrogens is 1. The summed E-state index contributed by atoms with van der Waals surface area (Å²) in [5.41, 5.74) is 2.33. The standard InChI is InChI=1S/C23H38NO.HI/c1-5-7-8-9-23(25)21-12-10-19(11-13-21)20-14-16-22(17-15-20)24(3,4)18-6-2;/h10-13,20,22H,5-9,14-18H2,1-4H3;1H/q+1;/p-1. The lowest BCUT2D eigenvalue weighted by Crippen LogP contribution is -3.00. The number of ketones is 1. The molecule has 0 spiro atoms. The average molecular weight is 471 g/mol. The third kappa shape index (κ3) is 6.63. The molecule has 1 aliphatic carbocycles. The molecule has 0 saturated heterocycles. The number of hydrogen-bond acceptors (Lipinski definition) is 1. The predicted molar refractivity (Wildman–Crippen MR) is 107 cm³/mol. The summed E-state index contributed by atoms with van der Waals surface area (Å²) in [7, 11) is 4.79. The zero-order valence-electron chi connectivity index (χ0n) is 17.3. The fourth-order valence-corrected chi connectivity index (χ4v) is 4.49. The molecule has 1 aromatic rings. The Labute approximate surface area is 178 Å². The van der Waals surface area contributed by atoms with E-state index < -0.39 is 0 Å². The van der Waals surface area contributed by atoms with E-state index in [2.05, 4.69) is 52.2 Å². The van der Waals surface area contributed by atoms with Crippen LogP contribution in [-0.2, 0) is 0 Å². The number of carbonyl (C=O) groups is 1. The molecule has 2 nitrogen and oxygen atoms in total. The molecule has 3 heteroatoms. The quantitative estimate of drug-likeness (QED) is 0.234. The van der Waals surface area contributed by atoms with Crippen LogP contribution >= 0.6 is 0 Å². The second-order valence-corrected chi connectivity index (χ2v) is 8.51. The summed E-state index contributed by atoms with van der Waals surface area (Å²) in [5, 5.41) is 0. The van der Waals surface area contributed by atoms with Gasteiger partial charge in [-0.05, 0) is 37.2 Å². The van der Waals surface area contributed by atoms with Crippen molar-refractivity contribution in [1.82, 2.24) is 0 Å². The molecule has 1 saturated carbocycles. The lowest BCUT2D eigenvalue weighted by atomic mass is 9.80. The van der Waals surface area contributed by atoms with E-state index in [1.54, 1.807) is 0 Å². The number of nitrogens with zero attached hydrogens (tertiary/aromatic N) is 1. The van der Waals surface area contributed by atoms with Crippen molar-refractivity contribution in [3.05, 3.63) is 35.4 Å². The second-order valence-electron chi connectivity index (χ2n) is 8.51. The molecule has 0 radical (unpaired) electrons. The van der Waals surface area contributed by atoms with Gasteiger partial charge in [0.05, 0.1) is 26.7 Å². The van der Waals surface area contributed by atoms with Gasteiger partial charge >= 0.3 is 0 Å². The van der Waals surface area contributed by atoms with Crippen molar-refractivity contribution in [3.63, 3.8) is 0 Å². The fraction of sp³-hybridized carbons (Fsp3) is 0.696. The van der Waals surface area contributed by atoms with Crippen LogP contribution in [0.1, 0.15) is 93.5 Å². The fourth-order valence-electron chi connectivity index (χ4n) is 4.49. The Morgan fingerprint density at radius 1 is 0.962 bits per heavy atom. The Kier molecular flexibility index (Phi) is 10.4. The monoisotopic (exact) mass is 471 g/mol. The van der Waals surface area contributed by atoms with Crippen LogP contribution in [0, 0.1) is 0 Å². The van der Waals surface area contributed by atoms with Crippen LogP contribution in [0.25, 0.3) is 0 Å². The summed E-state index contributed by atoms with van der Waals surface area (Å²) in [6.07, 6.45) is 10.5. The Bertz CT molecular complexity index is 530. The van der Waals surface area contributed by atoms with Gasteiger partial charge < -0.3 is 28.5 Å². The van der Waals surface area contributed by atoms with E-state index >= 15 is 0 Å². The highest BCUT2D eigenvalue weighted by Gasteiger charge is 2.32. The SMILES string of the molecule is CCCCCC(=O)c1ccc(C2CCC([N+](C)(C)CCC)CC2)cc1.[I-]. The number of carbonyl (C=O) groups excluding carboxylic acids is 1. The summed E-state index contributed by atoms with van der Waals surface area (Å²) >= 11 is 0. The van der Waals surface area contributed by atoms with E-state index in [0.29, 0.717) is 18.1 Å². The molecular formula is C23H38INO. The topological polar surface area (TPSA) is 17.1 Å². The van der Waals surface area contributed by atoms with Gasteiger partial charge in [-0.1, -0.05) is 51.0 Å². The molecule has 26 heavy (non-hydrogen) atoms. The van der Waals surface area contributed by atoms with Gasteiger partial charge in [0, 0.05) is 24.8 Å². The third-order valence-electron chi connectivity index (χ3n) is 6.20. The van der Waals surface area contributed by atoms with Gasteiger partial charge in [-0.2, -0.15) is 0 Å². The first-order chi connectivity index (χ1) is 12.0. The van der Waals surface area contributed by atoms with Crippen molar-refractivity contribution >= 4 is 5.78 Å². The normalized spacial score (nSPS) is 20.5. The molecule has 0 atom stereocenters. The maximum Gasteiger partial charge on any atom is 0.162 e. The highest BCUT2D eigenvalue weighted by Crippen LogP contribution is 2.36. The molecule has 2 rings (SSSR count). The number of hydrogen-bond donors (Lipinski definition) is 0. The largest absolute Gasteiger partial charge is 1.00 e. The van der Waals surface area contributed by atoms with Crippen molar-refractivity contribution in [3.8, 4) is 0 Å². The van der Waals surface area contributed by atoms with Crippen LogP contribution < -0.4 is 24.0 Å². The van der Waals surface area contributed by atoms with E-state index in [9.17, 15) is 4.79 Å². The minimum atomic E-state index is 0. The van der Waals surface area contributed by atoms with Crippen molar-refractivity contribution in [2.75, 3.05) is 20.6 Å². The lowest BCUT2D eigenvalue weighted by Gasteiger charge is -2.41. The molecule has 0 amide bonds. The lowest BCUT2D eigenvalue weighted by molar-refractivity contribution is -0.916. The van der Waals surface area contributed by atoms with Crippen molar-refractivity contribution in [2.45, 2.75) is 83.6 Å². The summed E-state index contributed by atoms with van der Waals surface area (Å²) in [5.74, 6) is 0.990. The molecule has 0 aromatic heterocycles. The minimum Gasteiger partial charge on any atom is -1.00 e. The Balaban J connectivity index is 0.00000338. The second kappa shape index (κ2) is 11.4. The smallest absolute Gasteiger partial charge is 0.162 e. The van der Waals surface area contributed by atoms with E-state index in [1.807, 2.05) is 0 Å². The Hall–Kier alpha value is -0.420. The van der Waals surface area contributed by atoms with Crippen LogP contribution in [0.2, 0.25) is 0 Å². The van der Waals surface area contributed by atoms with Crippen LogP contribution in [-0.4, -0.2) is 36.9 Å². The summed E-state index contributed by atoms with van der Waals surface area (Å²) in [6, 6.07) is 9.36. The summed E-state index contributed by atoms with van der Waals surface area (Å²) < 4.78 is 1.18. The summed E-state index contributed by atoms with van der Waals surface area (Å²) in [4.78, 5) is 12.2. The first-order valence-electron chi connectivity index (χ1n) is 10.4. The van der Waals surface area contributed by atoms with Crippen molar-refractivity contribution < 1.29 is 33.3 Å². The van der Waals surface area contributed by atoms with Crippen LogP contribution in [0.5, 0.6) is 0 Å². The van der Waals surface area contributed by atoms with Crippen LogP contribution in [0.3, 0.4) is 0 Å². The van der Waals surface area contributed by atoms with Crippen LogP contribution in [0.15, 0.2) is 24.3 Å². The highest BCUT2D eigenvalue weighted by molar-refractivity contribution is 5.96. The van der Waals surface area contributed by atoms with E-state index in [1.165, 1.54) is 55.1 Å². The van der Waals surface area contributed by atoms with Gasteiger partial charge in [0.25, 0.3) is 0 Å². The van der Waals surface area contributed by atoms with Gasteiger partial charge in [0.15, 0.2) is 5.78 Å². The number of unbranched alkanes of at least 4 members (excludes halogenated alkanes) is 2. The number of benzene rings is 1. The van der Waals surface area contributed by atoms with E-state index in [4.69, 9.17) is 0 Å². The van der Waals surface area contributed by atoms with E-state index in [0.717, 1.165) is 24.4 Å². The van der Waals surface area contributed by atoms with Crippen LogP contribution in [0.4, 0.5) is 0 Å². The third-order valence-corrected chi connectivity index (χ3v) is 6.20. The van der Waals surface area contributed by atoms with Gasteiger partial charge in [-0.25, -0.2) is 0 Å². The molecular weight excluding hydrogens is 433 g/mol. The number of Topliss-reactive ketones (excluding diaryl/α,β-unsaturated/α-hetero) is 1. The average Bonchev–Trinajstić information content (AvgIpc) is 2.62. The maximum atomic E-state index is 12.2. The number of halogens is 1. The van der Waals surface area contributed by atoms with E-state index in [-0.39, 0.29) is 24.0 Å². The molecule has 1 aliphatic rings. The zero-order chi connectivity index (χ0) is 18.3. The predicted octanol–water partition coefficient (Wildman–Crippen LogP) is 2.97. The summed E-state index contributed by atoms with van der Waals surface area (Å²) in [6.45, 7) is 5.75. The van der Waals surface area contributed by atoms with Gasteiger partial charge in [0.1, 0.15) is 0 Å².